The molecule has 0 aliphatic rings. The Morgan fingerprint density at radius 2 is 1.97 bits per heavy atom. The third kappa shape index (κ3) is 7.29. The Morgan fingerprint density at radius 3 is 2.59 bits per heavy atom. The topological polar surface area (TPSA) is 65.4 Å². The average molecular weight is 400 g/mol. The normalized spacial score (nSPS) is 12.4. The number of benzene rings is 1. The van der Waals surface area contributed by atoms with Gasteiger partial charge in [0, 0.05) is 24.9 Å². The molecule has 1 atom stereocenters. The highest BCUT2D eigenvalue weighted by molar-refractivity contribution is 5.91. The summed E-state index contributed by atoms with van der Waals surface area (Å²) in [6.07, 6.45) is 3.31. The molecule has 0 spiro atoms. The van der Waals surface area contributed by atoms with E-state index in [9.17, 15) is 4.79 Å². The van der Waals surface area contributed by atoms with E-state index >= 15 is 0 Å². The van der Waals surface area contributed by atoms with Gasteiger partial charge in [0.15, 0.2) is 11.5 Å². The molecular weight excluding hydrogens is 366 g/mol. The Morgan fingerprint density at radius 1 is 1.21 bits per heavy atom. The first-order valence-electron chi connectivity index (χ1n) is 10.1. The molecule has 1 N–H and O–H groups in total. The number of methoxy groups -OCH3 is 1. The van der Waals surface area contributed by atoms with Gasteiger partial charge in [-0.3, -0.25) is 9.48 Å². The number of nitrogens with zero attached hydrogens (tertiary/aromatic N) is 2. The summed E-state index contributed by atoms with van der Waals surface area (Å²) >= 11 is 0. The lowest BCUT2D eigenvalue weighted by Gasteiger charge is -2.13. The van der Waals surface area contributed by atoms with E-state index in [0.717, 1.165) is 23.5 Å². The van der Waals surface area contributed by atoms with Crippen LogP contribution in [-0.4, -0.2) is 35.9 Å². The van der Waals surface area contributed by atoms with Crippen LogP contribution < -0.4 is 14.8 Å². The molecule has 6 heteroatoms. The lowest BCUT2D eigenvalue weighted by atomic mass is 10.1. The summed E-state index contributed by atoms with van der Waals surface area (Å²) in [5.74, 6) is 1.96. The fraction of sp³-hybridized carbons (Fsp3) is 0.478. The highest BCUT2D eigenvalue weighted by Gasteiger charge is 2.09. The molecular formula is C23H33N3O3. The van der Waals surface area contributed by atoms with E-state index in [1.165, 1.54) is 0 Å². The second kappa shape index (κ2) is 10.7. The van der Waals surface area contributed by atoms with Crippen LogP contribution in [0, 0.1) is 25.7 Å². The van der Waals surface area contributed by atoms with E-state index in [0.29, 0.717) is 30.6 Å². The van der Waals surface area contributed by atoms with Gasteiger partial charge in [-0.25, -0.2) is 0 Å². The fourth-order valence-corrected chi connectivity index (χ4v) is 2.89. The van der Waals surface area contributed by atoms with Gasteiger partial charge in [0.25, 0.3) is 0 Å². The van der Waals surface area contributed by atoms with Gasteiger partial charge < -0.3 is 14.8 Å². The highest BCUT2D eigenvalue weighted by atomic mass is 16.5. The molecule has 1 aromatic carbocycles. The molecule has 2 aromatic rings. The highest BCUT2D eigenvalue weighted by Crippen LogP contribution is 2.28. The van der Waals surface area contributed by atoms with Crippen molar-refractivity contribution in [2.24, 2.45) is 11.8 Å². The van der Waals surface area contributed by atoms with E-state index in [-0.39, 0.29) is 11.8 Å². The lowest BCUT2D eigenvalue weighted by Crippen LogP contribution is -2.29. The van der Waals surface area contributed by atoms with Crippen molar-refractivity contribution >= 4 is 12.0 Å². The van der Waals surface area contributed by atoms with Gasteiger partial charge in [0.2, 0.25) is 5.91 Å². The fourth-order valence-electron chi connectivity index (χ4n) is 2.89. The maximum atomic E-state index is 12.2. The Labute approximate surface area is 173 Å². The Hall–Kier alpha value is -2.76. The molecule has 0 aliphatic carbocycles. The zero-order valence-electron chi connectivity index (χ0n) is 18.4. The van der Waals surface area contributed by atoms with Gasteiger partial charge in [-0.2, -0.15) is 5.10 Å². The molecule has 1 heterocycles. The standard InChI is InChI=1S/C23H33N3O3/c1-16(2)15-29-21-9-7-20(12-22(21)28-6)8-10-23(27)24-13-17(3)14-26-19(5)11-18(4)25-26/h7-12,16-17H,13-15H2,1-6H3,(H,24,27)/b10-8+. The molecule has 1 aromatic heterocycles. The number of carbonyl (C=O) groups excluding carboxylic acids is 1. The van der Waals surface area contributed by atoms with E-state index in [1.807, 2.05) is 36.7 Å². The number of ether oxygens (including phenoxy) is 2. The first kappa shape index (κ1) is 22.5. The molecule has 0 saturated heterocycles. The predicted molar refractivity (Wildman–Crippen MR) is 116 cm³/mol. The van der Waals surface area contributed by atoms with Crippen LogP contribution in [0.25, 0.3) is 6.08 Å². The third-order valence-electron chi connectivity index (χ3n) is 4.40. The van der Waals surface area contributed by atoms with E-state index in [2.05, 4.69) is 37.3 Å². The summed E-state index contributed by atoms with van der Waals surface area (Å²) in [5, 5.41) is 7.42. The number of hydrogen-bond acceptors (Lipinski definition) is 4. The van der Waals surface area contributed by atoms with Gasteiger partial charge in [-0.1, -0.05) is 26.8 Å². The van der Waals surface area contributed by atoms with Crippen molar-refractivity contribution in [1.82, 2.24) is 15.1 Å². The quantitative estimate of drug-likeness (QED) is 0.613. The number of amides is 1. The zero-order chi connectivity index (χ0) is 21.4. The largest absolute Gasteiger partial charge is 0.493 e. The van der Waals surface area contributed by atoms with Gasteiger partial charge in [-0.05, 0) is 55.5 Å². The number of rotatable bonds is 10. The second-order valence-corrected chi connectivity index (χ2v) is 7.91. The van der Waals surface area contributed by atoms with Gasteiger partial charge >= 0.3 is 0 Å². The van der Waals surface area contributed by atoms with Crippen LogP contribution in [0.4, 0.5) is 0 Å². The molecule has 0 radical (unpaired) electrons. The molecule has 1 unspecified atom stereocenters. The minimum Gasteiger partial charge on any atom is -0.493 e. The van der Waals surface area contributed by atoms with Crippen LogP contribution in [0.2, 0.25) is 0 Å². The first-order chi connectivity index (χ1) is 13.8. The molecule has 158 valence electrons. The monoisotopic (exact) mass is 399 g/mol. The zero-order valence-corrected chi connectivity index (χ0v) is 18.4. The van der Waals surface area contributed by atoms with Crippen LogP contribution in [0.5, 0.6) is 11.5 Å². The Bertz CT molecular complexity index is 840. The SMILES string of the molecule is COc1cc(/C=C/C(=O)NCC(C)Cn2nc(C)cc2C)ccc1OCC(C)C. The molecule has 29 heavy (non-hydrogen) atoms. The Balaban J connectivity index is 1.87. The van der Waals surface area contributed by atoms with Crippen molar-refractivity contribution in [1.29, 1.82) is 0 Å². The molecule has 1 amide bonds. The minimum atomic E-state index is -0.121. The maximum Gasteiger partial charge on any atom is 0.244 e. The van der Waals surface area contributed by atoms with Gasteiger partial charge in [0.05, 0.1) is 19.4 Å². The van der Waals surface area contributed by atoms with Crippen LogP contribution in [0.15, 0.2) is 30.3 Å². The molecule has 6 nitrogen and oxygen atoms in total. The van der Waals surface area contributed by atoms with Crippen molar-refractivity contribution in [3.05, 3.63) is 47.3 Å². The minimum absolute atomic E-state index is 0.121. The smallest absolute Gasteiger partial charge is 0.244 e. The summed E-state index contributed by atoms with van der Waals surface area (Å²) in [4.78, 5) is 12.2. The summed E-state index contributed by atoms with van der Waals surface area (Å²) in [6.45, 7) is 12.3. The number of hydrogen-bond donors (Lipinski definition) is 1. The van der Waals surface area contributed by atoms with Crippen LogP contribution in [0.3, 0.4) is 0 Å². The van der Waals surface area contributed by atoms with Crippen LogP contribution in [0.1, 0.15) is 37.7 Å². The first-order valence-corrected chi connectivity index (χ1v) is 10.1. The Kier molecular flexibility index (Phi) is 8.31. The van der Waals surface area contributed by atoms with E-state index in [4.69, 9.17) is 9.47 Å². The van der Waals surface area contributed by atoms with Crippen LogP contribution in [-0.2, 0) is 11.3 Å². The van der Waals surface area contributed by atoms with Crippen molar-refractivity contribution in [3.63, 3.8) is 0 Å². The third-order valence-corrected chi connectivity index (χ3v) is 4.40. The second-order valence-electron chi connectivity index (χ2n) is 7.91. The molecule has 0 bridgehead atoms. The van der Waals surface area contributed by atoms with Gasteiger partial charge in [0.1, 0.15) is 0 Å². The van der Waals surface area contributed by atoms with E-state index in [1.54, 1.807) is 19.3 Å². The van der Waals surface area contributed by atoms with Crippen molar-refractivity contribution in [2.75, 3.05) is 20.3 Å². The number of aromatic nitrogens is 2. The molecule has 0 saturated carbocycles. The lowest BCUT2D eigenvalue weighted by molar-refractivity contribution is -0.116. The summed E-state index contributed by atoms with van der Waals surface area (Å²) in [7, 11) is 1.61. The average Bonchev–Trinajstić information content (AvgIpc) is 2.99. The van der Waals surface area contributed by atoms with Gasteiger partial charge in [-0.15, -0.1) is 0 Å². The summed E-state index contributed by atoms with van der Waals surface area (Å²) in [6, 6.07) is 7.70. The summed E-state index contributed by atoms with van der Waals surface area (Å²) < 4.78 is 13.1. The van der Waals surface area contributed by atoms with Crippen LogP contribution >= 0.6 is 0 Å². The molecule has 2 rings (SSSR count). The number of carbonyl (C=O) groups is 1. The number of aryl methyl sites for hydroxylation is 2. The van der Waals surface area contributed by atoms with Crippen molar-refractivity contribution in [3.8, 4) is 11.5 Å². The molecule has 0 aliphatic heterocycles. The number of nitrogens with one attached hydrogen (secondary N) is 1. The summed E-state index contributed by atoms with van der Waals surface area (Å²) in [5.41, 5.74) is 3.03. The van der Waals surface area contributed by atoms with E-state index < -0.39 is 0 Å². The van der Waals surface area contributed by atoms with Crippen molar-refractivity contribution in [2.45, 2.75) is 41.2 Å². The molecule has 0 fully saturated rings. The predicted octanol–water partition coefficient (Wildman–Crippen LogP) is 4.01. The van der Waals surface area contributed by atoms with Crippen molar-refractivity contribution < 1.29 is 14.3 Å². The maximum absolute atomic E-state index is 12.2.